The number of aromatic nitrogens is 4. The molecule has 12 aromatic rings. The predicted molar refractivity (Wildman–Crippen MR) is 236 cm³/mol. The molecule has 0 saturated carbocycles. The quantitative estimate of drug-likeness (QED) is 0.176. The molecule has 0 aliphatic heterocycles. The molecule has 0 radical (unpaired) electrons. The highest BCUT2D eigenvalue weighted by atomic mass is 32.1. The van der Waals surface area contributed by atoms with Crippen LogP contribution in [0.4, 0.5) is 0 Å². The summed E-state index contributed by atoms with van der Waals surface area (Å²) in [5.41, 5.74) is 10.5. The molecule has 0 unspecified atom stereocenters. The zero-order valence-corrected chi connectivity index (χ0v) is 31.2. The van der Waals surface area contributed by atoms with Crippen LogP contribution in [0, 0.1) is 0 Å². The number of para-hydroxylation sites is 2. The lowest BCUT2D eigenvalue weighted by Gasteiger charge is -2.08. The number of nitrogens with zero attached hydrogens (tertiary/aromatic N) is 4. The average molecular weight is 747 g/mol. The summed E-state index contributed by atoms with van der Waals surface area (Å²) in [6.45, 7) is 0. The fraction of sp³-hybridized carbons (Fsp3) is 0. The monoisotopic (exact) mass is 746 g/mol. The first-order valence-electron chi connectivity index (χ1n) is 19.0. The molecule has 266 valence electrons. The molecule has 57 heavy (non-hydrogen) atoms. The summed E-state index contributed by atoms with van der Waals surface area (Å²) in [6.07, 6.45) is 0. The third-order valence-corrected chi connectivity index (χ3v) is 12.2. The molecular weight excluding hydrogens is 717 g/mol. The van der Waals surface area contributed by atoms with Crippen molar-refractivity contribution in [2.24, 2.45) is 0 Å². The van der Waals surface area contributed by atoms with Gasteiger partial charge in [0.25, 0.3) is 0 Å². The van der Waals surface area contributed by atoms with Crippen molar-refractivity contribution >= 4 is 75.3 Å². The van der Waals surface area contributed by atoms with Gasteiger partial charge in [-0.15, -0.1) is 11.3 Å². The number of hydrogen-bond acceptors (Lipinski definition) is 5. The van der Waals surface area contributed by atoms with Gasteiger partial charge in [-0.2, -0.15) is 0 Å². The standard InChI is InChI=1S/C51H30N4OS/c1-3-11-31(12-4-1)49-52-50(32-13-5-2-6-14-32)54-51(53-49)35-21-26-47-42(28-35)39-23-19-34(29-48(39)57-47)33-20-24-45-40(27-33)41-30-36(22-25-46(41)56-45)55-43-17-9-7-15-37(43)38-16-8-10-18-44(38)55/h1-30H. The molecule has 6 heteroatoms. The molecule has 4 heterocycles. The molecule has 12 rings (SSSR count). The van der Waals surface area contributed by atoms with Gasteiger partial charge in [0.15, 0.2) is 17.5 Å². The number of hydrogen-bond donors (Lipinski definition) is 0. The second kappa shape index (κ2) is 12.6. The van der Waals surface area contributed by atoms with Crippen molar-refractivity contribution in [3.8, 4) is 51.0 Å². The van der Waals surface area contributed by atoms with E-state index in [1.54, 1.807) is 0 Å². The van der Waals surface area contributed by atoms with E-state index >= 15 is 0 Å². The van der Waals surface area contributed by atoms with E-state index in [4.69, 9.17) is 19.4 Å². The Balaban J connectivity index is 0.946. The second-order valence-corrected chi connectivity index (χ2v) is 15.5. The number of furan rings is 1. The van der Waals surface area contributed by atoms with Crippen molar-refractivity contribution in [3.63, 3.8) is 0 Å². The van der Waals surface area contributed by atoms with Crippen LogP contribution in [0.2, 0.25) is 0 Å². The lowest BCUT2D eigenvalue weighted by molar-refractivity contribution is 0.669. The molecule has 5 nitrogen and oxygen atoms in total. The molecule has 0 spiro atoms. The van der Waals surface area contributed by atoms with Crippen LogP contribution in [0.25, 0.3) is 115 Å². The highest BCUT2D eigenvalue weighted by Crippen LogP contribution is 2.41. The summed E-state index contributed by atoms with van der Waals surface area (Å²) >= 11 is 1.81. The normalized spacial score (nSPS) is 11.9. The molecule has 0 atom stereocenters. The Bertz CT molecular complexity index is 3420. The summed E-state index contributed by atoms with van der Waals surface area (Å²) < 4.78 is 11.2. The Kier molecular flexibility index (Phi) is 7.03. The molecule has 8 aromatic carbocycles. The van der Waals surface area contributed by atoms with Gasteiger partial charge in [-0.05, 0) is 77.9 Å². The van der Waals surface area contributed by atoms with Crippen LogP contribution < -0.4 is 0 Å². The van der Waals surface area contributed by atoms with E-state index in [1.165, 1.54) is 47.5 Å². The second-order valence-electron chi connectivity index (χ2n) is 14.4. The van der Waals surface area contributed by atoms with Crippen LogP contribution in [0.15, 0.2) is 186 Å². The fourth-order valence-corrected chi connectivity index (χ4v) is 9.44. The number of rotatable bonds is 5. The summed E-state index contributed by atoms with van der Waals surface area (Å²) in [6, 6.07) is 63.9. The summed E-state index contributed by atoms with van der Waals surface area (Å²) in [4.78, 5) is 14.9. The highest BCUT2D eigenvalue weighted by molar-refractivity contribution is 7.25. The largest absolute Gasteiger partial charge is 0.456 e. The fourth-order valence-electron chi connectivity index (χ4n) is 8.32. The Morgan fingerprint density at radius 3 is 1.56 bits per heavy atom. The zero-order valence-electron chi connectivity index (χ0n) is 30.4. The van der Waals surface area contributed by atoms with Gasteiger partial charge in [0.1, 0.15) is 11.2 Å². The minimum absolute atomic E-state index is 0.655. The van der Waals surface area contributed by atoms with E-state index in [0.29, 0.717) is 17.5 Å². The Hall–Kier alpha value is -7.41. The first kappa shape index (κ1) is 31.9. The van der Waals surface area contributed by atoms with E-state index in [2.05, 4.69) is 126 Å². The van der Waals surface area contributed by atoms with Crippen molar-refractivity contribution in [2.45, 2.75) is 0 Å². The highest BCUT2D eigenvalue weighted by Gasteiger charge is 2.17. The van der Waals surface area contributed by atoms with Crippen LogP contribution in [0.1, 0.15) is 0 Å². The first-order valence-corrected chi connectivity index (χ1v) is 19.8. The van der Waals surface area contributed by atoms with Gasteiger partial charge in [-0.25, -0.2) is 15.0 Å². The summed E-state index contributed by atoms with van der Waals surface area (Å²) in [5, 5.41) is 7.11. The first-order chi connectivity index (χ1) is 28.2. The SMILES string of the molecule is c1ccc(-c2nc(-c3ccccc3)nc(-c3ccc4sc5cc(-c6ccc7oc8ccc(-n9c%10ccccc%10c%10ccccc%109)cc8c7c6)ccc5c4c3)n2)cc1. The van der Waals surface area contributed by atoms with Crippen molar-refractivity contribution in [1.29, 1.82) is 0 Å². The molecule has 0 N–H and O–H groups in total. The van der Waals surface area contributed by atoms with Crippen LogP contribution in [0.3, 0.4) is 0 Å². The Morgan fingerprint density at radius 1 is 0.351 bits per heavy atom. The lowest BCUT2D eigenvalue weighted by atomic mass is 10.0. The number of benzene rings is 8. The van der Waals surface area contributed by atoms with Crippen molar-refractivity contribution in [2.75, 3.05) is 0 Å². The Morgan fingerprint density at radius 2 is 0.877 bits per heavy atom. The van der Waals surface area contributed by atoms with Crippen LogP contribution in [0.5, 0.6) is 0 Å². The van der Waals surface area contributed by atoms with Crippen LogP contribution in [-0.2, 0) is 0 Å². The smallest absolute Gasteiger partial charge is 0.164 e. The van der Waals surface area contributed by atoms with E-state index in [0.717, 1.165) is 49.9 Å². The molecule has 0 amide bonds. The van der Waals surface area contributed by atoms with Crippen LogP contribution >= 0.6 is 11.3 Å². The van der Waals surface area contributed by atoms with Crippen molar-refractivity contribution in [3.05, 3.63) is 182 Å². The third-order valence-electron chi connectivity index (χ3n) is 11.1. The van der Waals surface area contributed by atoms with Crippen LogP contribution in [-0.4, -0.2) is 19.5 Å². The topological polar surface area (TPSA) is 56.7 Å². The van der Waals surface area contributed by atoms with Gasteiger partial charge in [0.2, 0.25) is 0 Å². The molecule has 4 aromatic heterocycles. The number of fused-ring (bicyclic) bond motifs is 9. The van der Waals surface area contributed by atoms with E-state index in [1.807, 2.05) is 72.0 Å². The van der Waals surface area contributed by atoms with Gasteiger partial charge in [0.05, 0.1) is 11.0 Å². The zero-order chi connectivity index (χ0) is 37.5. The maximum atomic E-state index is 6.39. The van der Waals surface area contributed by atoms with Gasteiger partial charge < -0.3 is 8.98 Å². The van der Waals surface area contributed by atoms with E-state index in [-0.39, 0.29) is 0 Å². The molecular formula is C51H30N4OS. The Labute approximate surface area is 330 Å². The van der Waals surface area contributed by atoms with Gasteiger partial charge in [-0.1, -0.05) is 115 Å². The molecule has 0 aliphatic rings. The molecule has 0 aliphatic carbocycles. The summed E-state index contributed by atoms with van der Waals surface area (Å²) in [5.74, 6) is 1.97. The molecule has 0 saturated heterocycles. The van der Waals surface area contributed by atoms with Crippen molar-refractivity contribution in [1.82, 2.24) is 19.5 Å². The van der Waals surface area contributed by atoms with E-state index < -0.39 is 0 Å². The maximum Gasteiger partial charge on any atom is 0.164 e. The minimum Gasteiger partial charge on any atom is -0.456 e. The van der Waals surface area contributed by atoms with Gasteiger partial charge in [-0.3, -0.25) is 0 Å². The lowest BCUT2D eigenvalue weighted by Crippen LogP contribution is -2.00. The van der Waals surface area contributed by atoms with Crippen molar-refractivity contribution < 1.29 is 4.42 Å². The summed E-state index contributed by atoms with van der Waals surface area (Å²) in [7, 11) is 0. The minimum atomic E-state index is 0.655. The molecule has 0 bridgehead atoms. The molecule has 0 fully saturated rings. The number of thiophene rings is 1. The average Bonchev–Trinajstić information content (AvgIpc) is 3.95. The third kappa shape index (κ3) is 5.19. The van der Waals surface area contributed by atoms with Gasteiger partial charge >= 0.3 is 0 Å². The maximum absolute atomic E-state index is 6.39. The van der Waals surface area contributed by atoms with Gasteiger partial charge in [0, 0.05) is 64.1 Å². The van der Waals surface area contributed by atoms with E-state index in [9.17, 15) is 0 Å². The predicted octanol–water partition coefficient (Wildman–Crippen LogP) is 13.9.